The number of methoxy groups -OCH3 is 2. The minimum absolute atomic E-state index is 0.0594. The minimum atomic E-state index is -2.50. The van der Waals surface area contributed by atoms with Gasteiger partial charge in [-0.1, -0.05) is 108 Å². The Bertz CT molecular complexity index is 1750. The molecule has 2 amide bonds. The van der Waals surface area contributed by atoms with E-state index in [2.05, 4.69) is 48.1 Å². The van der Waals surface area contributed by atoms with Crippen LogP contribution in [0.25, 0.3) is 0 Å². The predicted molar refractivity (Wildman–Crippen MR) is 217 cm³/mol. The molecule has 2 fully saturated rings. The Morgan fingerprint density at radius 1 is 0.909 bits per heavy atom. The molecule has 5 atom stereocenters. The van der Waals surface area contributed by atoms with E-state index in [1.165, 1.54) is 4.90 Å². The van der Waals surface area contributed by atoms with E-state index >= 15 is 4.79 Å². The molecule has 0 aliphatic carbocycles. The molecule has 0 unspecified atom stereocenters. The number of ether oxygens (including phenoxy) is 4. The first-order valence-corrected chi connectivity index (χ1v) is 21.6. The number of aliphatic hydroxyl groups excluding tert-OH is 1. The number of hydrogen-bond acceptors (Lipinski definition) is 8. The second kappa shape index (κ2) is 18.1. The van der Waals surface area contributed by atoms with Gasteiger partial charge in [0.1, 0.15) is 25.0 Å². The van der Waals surface area contributed by atoms with Crippen molar-refractivity contribution < 1.29 is 38.1 Å². The fraction of sp³-hybridized carbons (Fsp3) is 0.500. The molecular weight excluding hydrogens is 713 g/mol. The first-order chi connectivity index (χ1) is 26.4. The van der Waals surface area contributed by atoms with Crippen LogP contribution in [0.3, 0.4) is 0 Å². The Balaban J connectivity index is 1.67. The predicted octanol–water partition coefficient (Wildman–Crippen LogP) is 8.61. The highest BCUT2D eigenvalue weighted by atomic mass is 28.4. The van der Waals surface area contributed by atoms with Gasteiger partial charge in [0.2, 0.25) is 5.91 Å². The highest BCUT2D eigenvalue weighted by Gasteiger charge is 2.59. The fourth-order valence-corrected chi connectivity index (χ4v) is 14.8. The van der Waals surface area contributed by atoms with Gasteiger partial charge in [0.15, 0.2) is 19.8 Å². The van der Waals surface area contributed by atoms with Crippen LogP contribution in [0.2, 0.25) is 16.6 Å². The Hall–Kier alpha value is -4.32. The van der Waals surface area contributed by atoms with Crippen LogP contribution >= 0.6 is 0 Å². The van der Waals surface area contributed by atoms with Crippen molar-refractivity contribution >= 4 is 20.3 Å². The molecular formula is C44H60N2O8Si. The molecule has 298 valence electrons. The number of hydrogen-bond donors (Lipinski definition) is 1. The third-order valence-corrected chi connectivity index (χ3v) is 17.9. The zero-order valence-electron chi connectivity index (χ0n) is 34.0. The van der Waals surface area contributed by atoms with E-state index in [0.29, 0.717) is 29.2 Å². The molecule has 5 rings (SSSR count). The van der Waals surface area contributed by atoms with Gasteiger partial charge < -0.3 is 33.4 Å². The quantitative estimate of drug-likeness (QED) is 0.107. The Kier molecular flexibility index (Phi) is 13.8. The molecule has 3 aromatic carbocycles. The normalized spacial score (nSPS) is 20.3. The zero-order chi connectivity index (χ0) is 40.0. The lowest BCUT2D eigenvalue weighted by Gasteiger charge is -2.50. The zero-order valence-corrected chi connectivity index (χ0v) is 35.0. The number of aliphatic hydroxyl groups is 1. The average Bonchev–Trinajstić information content (AvgIpc) is 3.51. The topological polar surface area (TPSA) is 107 Å². The summed E-state index contributed by atoms with van der Waals surface area (Å²) in [5.41, 5.74) is 3.98. The molecule has 10 nitrogen and oxygen atoms in total. The highest BCUT2D eigenvalue weighted by Crippen LogP contribution is 2.50. The molecule has 0 spiro atoms. The molecule has 2 saturated heterocycles. The van der Waals surface area contributed by atoms with Crippen LogP contribution in [0.1, 0.15) is 76.3 Å². The second-order valence-electron chi connectivity index (χ2n) is 15.7. The van der Waals surface area contributed by atoms with E-state index in [1.54, 1.807) is 25.2 Å². The maximum atomic E-state index is 15.2. The van der Waals surface area contributed by atoms with Crippen molar-refractivity contribution in [2.24, 2.45) is 5.92 Å². The van der Waals surface area contributed by atoms with Gasteiger partial charge in [-0.2, -0.15) is 0 Å². The van der Waals surface area contributed by atoms with Crippen molar-refractivity contribution in [3.8, 4) is 17.2 Å². The van der Waals surface area contributed by atoms with Crippen LogP contribution in [0.15, 0.2) is 79.4 Å². The van der Waals surface area contributed by atoms with Gasteiger partial charge in [-0.05, 0) is 47.2 Å². The lowest BCUT2D eigenvalue weighted by Crippen LogP contribution is -2.67. The summed E-state index contributed by atoms with van der Waals surface area (Å²) in [6, 6.07) is 18.2. The van der Waals surface area contributed by atoms with Gasteiger partial charge in [-0.15, -0.1) is 6.58 Å². The van der Waals surface area contributed by atoms with Crippen molar-refractivity contribution in [3.05, 3.63) is 102 Å². The summed E-state index contributed by atoms with van der Waals surface area (Å²) in [4.78, 5) is 32.4. The number of fused-ring (bicyclic) bond motifs is 2. The van der Waals surface area contributed by atoms with Crippen LogP contribution in [0, 0.1) is 12.8 Å². The molecule has 2 bridgehead atoms. The van der Waals surface area contributed by atoms with Crippen molar-refractivity contribution in [2.45, 2.75) is 109 Å². The number of amides is 2. The summed E-state index contributed by atoms with van der Waals surface area (Å²) >= 11 is 0. The summed E-state index contributed by atoms with van der Waals surface area (Å²) in [6.07, 6.45) is 1.54. The monoisotopic (exact) mass is 772 g/mol. The highest BCUT2D eigenvalue weighted by molar-refractivity contribution is 6.77. The smallest absolute Gasteiger partial charge is 0.411 e. The van der Waals surface area contributed by atoms with E-state index < -0.39 is 45.2 Å². The Morgan fingerprint density at radius 2 is 1.49 bits per heavy atom. The third kappa shape index (κ3) is 8.15. The maximum absolute atomic E-state index is 15.2. The van der Waals surface area contributed by atoms with E-state index in [0.717, 1.165) is 16.7 Å². The second-order valence-corrected chi connectivity index (χ2v) is 21.1. The molecule has 2 aliphatic rings. The molecule has 1 N–H and O–H groups in total. The number of piperazine rings is 1. The van der Waals surface area contributed by atoms with E-state index in [1.807, 2.05) is 73.7 Å². The van der Waals surface area contributed by atoms with Crippen LogP contribution in [-0.2, 0) is 27.2 Å². The van der Waals surface area contributed by atoms with Gasteiger partial charge in [-0.25, -0.2) is 4.79 Å². The van der Waals surface area contributed by atoms with E-state index in [9.17, 15) is 9.90 Å². The standard InChI is InChI=1S/C44H60N2O8Si/c1-11-34-22-36-43(48)45(37(24-47)40(34)46(36)44(49)53-26-33-20-16-13-17-21-33)38(27-54-55(28(2)3,29(4)5)30(6)7)35-23-39(50-9)31(8)41(51-10)42(35)52-25-32-18-14-12-15-19-32/h11-21,23,28-30,34,36-38,40,47H,1,22,24-27H2,2-10H3/t34-,36+,37+,38+,40-/m1/s1. The van der Waals surface area contributed by atoms with E-state index in [-0.39, 0.29) is 48.3 Å². The largest absolute Gasteiger partial charge is 0.496 e. The van der Waals surface area contributed by atoms with Gasteiger partial charge in [0.05, 0.1) is 45.6 Å². The number of carbonyl (C=O) groups is 2. The summed E-state index contributed by atoms with van der Waals surface area (Å²) in [5.74, 6) is 0.938. The van der Waals surface area contributed by atoms with E-state index in [4.69, 9.17) is 23.4 Å². The number of rotatable bonds is 17. The van der Waals surface area contributed by atoms with Gasteiger partial charge in [0, 0.05) is 17.0 Å². The van der Waals surface area contributed by atoms with Gasteiger partial charge in [-0.3, -0.25) is 9.69 Å². The van der Waals surface area contributed by atoms with Crippen LogP contribution in [0.5, 0.6) is 17.2 Å². The molecule has 0 aromatic heterocycles. The maximum Gasteiger partial charge on any atom is 0.411 e. The summed E-state index contributed by atoms with van der Waals surface area (Å²) < 4.78 is 31.8. The van der Waals surface area contributed by atoms with Crippen molar-refractivity contribution in [2.75, 3.05) is 27.4 Å². The number of carbonyl (C=O) groups excluding carboxylic acids is 2. The summed E-state index contributed by atoms with van der Waals surface area (Å²) in [7, 11) is 0.696. The van der Waals surface area contributed by atoms with Crippen LogP contribution in [-0.4, -0.2) is 80.8 Å². The number of benzene rings is 3. The molecule has 2 heterocycles. The third-order valence-electron chi connectivity index (χ3n) is 11.8. The summed E-state index contributed by atoms with van der Waals surface area (Å²) in [6.45, 7) is 19.4. The molecule has 0 saturated carbocycles. The van der Waals surface area contributed by atoms with Gasteiger partial charge in [0.25, 0.3) is 0 Å². The number of nitrogens with zero attached hydrogens (tertiary/aromatic N) is 2. The average molecular weight is 773 g/mol. The fourth-order valence-electron chi connectivity index (χ4n) is 9.33. The Labute approximate surface area is 328 Å². The molecule has 11 heteroatoms. The van der Waals surface area contributed by atoms with Crippen molar-refractivity contribution in [1.82, 2.24) is 9.80 Å². The number of likely N-dealkylation sites (tertiary alicyclic amines) is 1. The first-order valence-electron chi connectivity index (χ1n) is 19.5. The Morgan fingerprint density at radius 3 is 2.00 bits per heavy atom. The van der Waals surface area contributed by atoms with Crippen molar-refractivity contribution in [3.63, 3.8) is 0 Å². The molecule has 2 aliphatic heterocycles. The van der Waals surface area contributed by atoms with Crippen LogP contribution < -0.4 is 14.2 Å². The first kappa shape index (κ1) is 41.8. The lowest BCUT2D eigenvalue weighted by atomic mass is 9.91. The molecule has 3 aromatic rings. The molecule has 55 heavy (non-hydrogen) atoms. The lowest BCUT2D eigenvalue weighted by molar-refractivity contribution is -0.152. The van der Waals surface area contributed by atoms with Gasteiger partial charge >= 0.3 is 6.09 Å². The van der Waals surface area contributed by atoms with Crippen molar-refractivity contribution in [1.29, 1.82) is 0 Å². The summed E-state index contributed by atoms with van der Waals surface area (Å²) in [5, 5.41) is 11.4. The molecule has 0 radical (unpaired) electrons. The van der Waals surface area contributed by atoms with Crippen LogP contribution in [0.4, 0.5) is 4.79 Å². The minimum Gasteiger partial charge on any atom is -0.496 e. The SMILES string of the molecule is C=C[C@@H]1C[C@H]2C(=O)N([C@@H](CO[Si](C(C)C)(C(C)C)C(C)C)c3cc(OC)c(C)c(OC)c3OCc3ccccc3)[C@@H](CO)[C@@H]1N2C(=O)OCc1ccccc1.